The largest absolute Gasteiger partial charge is 0.382 e. The van der Waals surface area contributed by atoms with E-state index in [-0.39, 0.29) is 0 Å². The zero-order valence-electron chi connectivity index (χ0n) is 10.8. The molecule has 1 N–H and O–H groups in total. The molecule has 0 atom stereocenters. The van der Waals surface area contributed by atoms with Gasteiger partial charge in [0.05, 0.1) is 18.2 Å². The molecule has 0 unspecified atom stereocenters. The molecule has 4 nitrogen and oxygen atoms in total. The number of halogens is 1. The highest BCUT2D eigenvalue weighted by molar-refractivity contribution is 6.31. The molecule has 0 radical (unpaired) electrons. The summed E-state index contributed by atoms with van der Waals surface area (Å²) in [5.41, 5.74) is 1.09. The lowest BCUT2D eigenvalue weighted by molar-refractivity contribution is 0.0688. The van der Waals surface area contributed by atoms with Gasteiger partial charge in [0.15, 0.2) is 0 Å². The Morgan fingerprint density at radius 2 is 2.17 bits per heavy atom. The van der Waals surface area contributed by atoms with Crippen molar-refractivity contribution in [3.05, 3.63) is 29.0 Å². The van der Waals surface area contributed by atoms with E-state index in [1.165, 1.54) is 0 Å². The first-order valence-corrected chi connectivity index (χ1v) is 6.58. The lowest BCUT2D eigenvalue weighted by atomic mass is 10.2. The average molecular weight is 273 g/mol. The van der Waals surface area contributed by atoms with Gasteiger partial charge in [-0.05, 0) is 31.0 Å². The van der Waals surface area contributed by atoms with Gasteiger partial charge in [-0.3, -0.25) is 4.98 Å². The smallest absolute Gasteiger partial charge is 0.0700 e. The van der Waals surface area contributed by atoms with Gasteiger partial charge in [0, 0.05) is 32.7 Å². The molecule has 5 heteroatoms. The van der Waals surface area contributed by atoms with Crippen LogP contribution in [-0.2, 0) is 16.0 Å². The van der Waals surface area contributed by atoms with Crippen molar-refractivity contribution >= 4 is 11.6 Å². The summed E-state index contributed by atoms with van der Waals surface area (Å²) in [4.78, 5) is 3.95. The maximum Gasteiger partial charge on any atom is 0.0700 e. The molecular formula is C13H21ClN2O2. The van der Waals surface area contributed by atoms with Gasteiger partial charge in [-0.2, -0.15) is 0 Å². The summed E-state index contributed by atoms with van der Waals surface area (Å²) in [5, 5.41) is 4.07. The molecular weight excluding hydrogens is 252 g/mol. The summed E-state index contributed by atoms with van der Waals surface area (Å²) in [6.45, 7) is 3.88. The van der Waals surface area contributed by atoms with Crippen LogP contribution in [0, 0.1) is 0 Å². The Balaban J connectivity index is 1.94. The summed E-state index contributed by atoms with van der Waals surface area (Å²) in [7, 11) is 1.68. The van der Waals surface area contributed by atoms with E-state index in [0.717, 1.165) is 38.1 Å². The van der Waals surface area contributed by atoms with Crippen LogP contribution >= 0.6 is 11.6 Å². The molecule has 1 aromatic heterocycles. The zero-order valence-corrected chi connectivity index (χ0v) is 11.6. The normalized spacial score (nSPS) is 10.8. The number of ether oxygens (including phenoxy) is 2. The van der Waals surface area contributed by atoms with Crippen LogP contribution in [0.3, 0.4) is 0 Å². The van der Waals surface area contributed by atoms with Gasteiger partial charge in [-0.15, -0.1) is 0 Å². The summed E-state index contributed by atoms with van der Waals surface area (Å²) in [6, 6.07) is 1.93. The minimum atomic E-state index is 0.665. The summed E-state index contributed by atoms with van der Waals surface area (Å²) >= 11 is 6.00. The van der Waals surface area contributed by atoms with Gasteiger partial charge in [0.2, 0.25) is 0 Å². The third-order valence-corrected chi connectivity index (χ3v) is 2.84. The average Bonchev–Trinajstić information content (AvgIpc) is 2.39. The fraction of sp³-hybridized carbons (Fsp3) is 0.615. The van der Waals surface area contributed by atoms with Crippen LogP contribution in [0.2, 0.25) is 5.02 Å². The monoisotopic (exact) mass is 272 g/mol. The second-order valence-electron chi connectivity index (χ2n) is 3.96. The highest BCUT2D eigenvalue weighted by atomic mass is 35.5. The fourth-order valence-electron chi connectivity index (χ4n) is 1.47. The standard InChI is InChI=1S/C13H21ClN2O2/c1-17-8-9-18-7-3-2-5-15-10-12-4-6-16-11-13(12)14/h4,6,11,15H,2-3,5,7-10H2,1H3. The van der Waals surface area contributed by atoms with Gasteiger partial charge in [0.1, 0.15) is 0 Å². The number of rotatable bonds is 10. The van der Waals surface area contributed by atoms with E-state index in [1.54, 1.807) is 19.5 Å². The van der Waals surface area contributed by atoms with Crippen molar-refractivity contribution in [3.8, 4) is 0 Å². The Morgan fingerprint density at radius 3 is 2.94 bits per heavy atom. The maximum atomic E-state index is 6.00. The van der Waals surface area contributed by atoms with E-state index in [1.807, 2.05) is 6.07 Å². The van der Waals surface area contributed by atoms with Crippen molar-refractivity contribution in [2.45, 2.75) is 19.4 Å². The number of nitrogens with one attached hydrogen (secondary N) is 1. The molecule has 18 heavy (non-hydrogen) atoms. The molecule has 0 fully saturated rings. The van der Waals surface area contributed by atoms with E-state index in [4.69, 9.17) is 21.1 Å². The Morgan fingerprint density at radius 1 is 1.28 bits per heavy atom. The Bertz CT molecular complexity index is 324. The van der Waals surface area contributed by atoms with E-state index in [0.29, 0.717) is 18.2 Å². The van der Waals surface area contributed by atoms with Crippen LogP contribution in [0.5, 0.6) is 0 Å². The van der Waals surface area contributed by atoms with Gasteiger partial charge < -0.3 is 14.8 Å². The predicted molar refractivity (Wildman–Crippen MR) is 72.9 cm³/mol. The van der Waals surface area contributed by atoms with Gasteiger partial charge in [-0.1, -0.05) is 11.6 Å². The Labute approximate surface area is 114 Å². The first kappa shape index (κ1) is 15.4. The van der Waals surface area contributed by atoms with Gasteiger partial charge in [-0.25, -0.2) is 0 Å². The lowest BCUT2D eigenvalue weighted by Gasteiger charge is -2.06. The summed E-state index contributed by atoms with van der Waals surface area (Å²) in [6.07, 6.45) is 5.57. The Kier molecular flexibility index (Phi) is 8.77. The molecule has 0 aromatic carbocycles. The zero-order chi connectivity index (χ0) is 13.1. The van der Waals surface area contributed by atoms with Crippen molar-refractivity contribution in [2.75, 3.05) is 33.5 Å². The van der Waals surface area contributed by atoms with Crippen LogP contribution in [0.25, 0.3) is 0 Å². The van der Waals surface area contributed by atoms with Crippen molar-refractivity contribution in [2.24, 2.45) is 0 Å². The highest BCUT2D eigenvalue weighted by Gasteiger charge is 1.98. The number of hydrogen-bond donors (Lipinski definition) is 1. The molecule has 102 valence electrons. The number of pyridine rings is 1. The molecule has 0 bridgehead atoms. The third-order valence-electron chi connectivity index (χ3n) is 2.50. The minimum absolute atomic E-state index is 0.665. The van der Waals surface area contributed by atoms with Crippen molar-refractivity contribution in [1.29, 1.82) is 0 Å². The molecule has 0 saturated heterocycles. The first-order chi connectivity index (χ1) is 8.84. The lowest BCUT2D eigenvalue weighted by Crippen LogP contribution is -2.15. The van der Waals surface area contributed by atoms with Crippen LogP contribution < -0.4 is 5.32 Å². The topological polar surface area (TPSA) is 43.4 Å². The van der Waals surface area contributed by atoms with Crippen LogP contribution in [0.4, 0.5) is 0 Å². The summed E-state index contributed by atoms with van der Waals surface area (Å²) < 4.78 is 10.3. The molecule has 0 amide bonds. The van der Waals surface area contributed by atoms with E-state index >= 15 is 0 Å². The second kappa shape index (κ2) is 10.3. The van der Waals surface area contributed by atoms with Crippen LogP contribution in [-0.4, -0.2) is 38.5 Å². The number of methoxy groups -OCH3 is 1. The van der Waals surface area contributed by atoms with Crippen molar-refractivity contribution in [3.63, 3.8) is 0 Å². The maximum absolute atomic E-state index is 6.00. The molecule has 0 aliphatic rings. The number of hydrogen-bond acceptors (Lipinski definition) is 4. The molecule has 0 aliphatic heterocycles. The second-order valence-corrected chi connectivity index (χ2v) is 4.36. The molecule has 1 heterocycles. The fourth-order valence-corrected chi connectivity index (χ4v) is 1.66. The summed E-state index contributed by atoms with van der Waals surface area (Å²) in [5.74, 6) is 0. The van der Waals surface area contributed by atoms with E-state index in [9.17, 15) is 0 Å². The quantitative estimate of drug-likeness (QED) is 0.664. The third kappa shape index (κ3) is 6.91. The van der Waals surface area contributed by atoms with Crippen LogP contribution in [0.15, 0.2) is 18.5 Å². The number of aromatic nitrogens is 1. The number of unbranched alkanes of at least 4 members (excludes halogenated alkanes) is 1. The van der Waals surface area contributed by atoms with E-state index < -0.39 is 0 Å². The van der Waals surface area contributed by atoms with E-state index in [2.05, 4.69) is 10.3 Å². The Hall–Kier alpha value is -0.680. The van der Waals surface area contributed by atoms with Crippen molar-refractivity contribution < 1.29 is 9.47 Å². The SMILES string of the molecule is COCCOCCCCNCc1ccncc1Cl. The first-order valence-electron chi connectivity index (χ1n) is 6.20. The van der Waals surface area contributed by atoms with Crippen LogP contribution in [0.1, 0.15) is 18.4 Å². The minimum Gasteiger partial charge on any atom is -0.382 e. The van der Waals surface area contributed by atoms with Gasteiger partial charge in [0.25, 0.3) is 0 Å². The highest BCUT2D eigenvalue weighted by Crippen LogP contribution is 2.12. The van der Waals surface area contributed by atoms with Gasteiger partial charge >= 0.3 is 0 Å². The molecule has 1 rings (SSSR count). The molecule has 0 spiro atoms. The predicted octanol–water partition coefficient (Wildman–Crippen LogP) is 2.27. The molecule has 1 aromatic rings. The molecule has 0 saturated carbocycles. The van der Waals surface area contributed by atoms with Crippen molar-refractivity contribution in [1.82, 2.24) is 10.3 Å². The number of nitrogens with zero attached hydrogens (tertiary/aromatic N) is 1. The molecule has 0 aliphatic carbocycles.